The van der Waals surface area contributed by atoms with Gasteiger partial charge in [-0.1, -0.05) is 0 Å². The highest BCUT2D eigenvalue weighted by atomic mass is 16.6. The maximum atomic E-state index is 13.0. The van der Waals surface area contributed by atoms with E-state index in [1.165, 1.54) is 36.3 Å². The van der Waals surface area contributed by atoms with Crippen molar-refractivity contribution < 1.29 is 29.1 Å². The number of ketones is 1. The minimum atomic E-state index is -0.880. The van der Waals surface area contributed by atoms with Gasteiger partial charge in [0, 0.05) is 38.0 Å². The van der Waals surface area contributed by atoms with E-state index in [1.807, 2.05) is 13.8 Å². The average molecular weight is 454 g/mol. The van der Waals surface area contributed by atoms with E-state index in [-0.39, 0.29) is 29.7 Å². The molecule has 174 valence electrons. The number of non-ortho nitro benzene ring substituents is 1. The molecule has 1 N–H and O–H groups in total. The number of carbonyl (C=O) groups is 2. The Hall–Kier alpha value is -3.72. The molecule has 0 radical (unpaired) electrons. The molecule has 9 heteroatoms. The summed E-state index contributed by atoms with van der Waals surface area (Å²) in [5.41, 5.74) is 0.658. The van der Waals surface area contributed by atoms with Gasteiger partial charge in [0.25, 0.3) is 17.4 Å². The zero-order valence-corrected chi connectivity index (χ0v) is 18.7. The van der Waals surface area contributed by atoms with Gasteiger partial charge in [0.2, 0.25) is 0 Å². The van der Waals surface area contributed by atoms with Crippen LogP contribution in [0.25, 0.3) is 5.76 Å². The number of hydrogen-bond donors (Lipinski definition) is 1. The van der Waals surface area contributed by atoms with Crippen molar-refractivity contribution in [1.29, 1.82) is 0 Å². The van der Waals surface area contributed by atoms with Gasteiger partial charge in [-0.3, -0.25) is 19.7 Å². The van der Waals surface area contributed by atoms with Crippen LogP contribution in [0.15, 0.2) is 54.1 Å². The Labute approximate surface area is 191 Å². The minimum absolute atomic E-state index is 0.0241. The van der Waals surface area contributed by atoms with E-state index in [2.05, 4.69) is 0 Å². The van der Waals surface area contributed by atoms with Crippen LogP contribution in [0.2, 0.25) is 0 Å². The molecular formula is C24H26N2O7. The molecule has 33 heavy (non-hydrogen) atoms. The molecule has 9 nitrogen and oxygen atoms in total. The highest BCUT2D eigenvalue weighted by molar-refractivity contribution is 6.46. The zero-order chi connectivity index (χ0) is 24.1. The Morgan fingerprint density at radius 1 is 1.12 bits per heavy atom. The third kappa shape index (κ3) is 5.20. The smallest absolute Gasteiger partial charge is 0.295 e. The third-order valence-electron chi connectivity index (χ3n) is 5.21. The van der Waals surface area contributed by atoms with Gasteiger partial charge in [0.1, 0.15) is 11.5 Å². The number of methoxy groups -OCH3 is 1. The van der Waals surface area contributed by atoms with Crippen molar-refractivity contribution in [1.82, 2.24) is 4.90 Å². The predicted molar refractivity (Wildman–Crippen MR) is 121 cm³/mol. The lowest BCUT2D eigenvalue weighted by molar-refractivity contribution is -0.384. The molecule has 0 saturated carbocycles. The number of nitrogens with zero attached hydrogens (tertiary/aromatic N) is 2. The lowest BCUT2D eigenvalue weighted by Gasteiger charge is -2.25. The van der Waals surface area contributed by atoms with E-state index >= 15 is 0 Å². The van der Waals surface area contributed by atoms with Crippen molar-refractivity contribution in [2.24, 2.45) is 0 Å². The number of carbonyl (C=O) groups excluding carboxylic acids is 2. The number of hydrogen-bond acceptors (Lipinski definition) is 7. The van der Waals surface area contributed by atoms with Crippen LogP contribution in [0.3, 0.4) is 0 Å². The highest BCUT2D eigenvalue weighted by Gasteiger charge is 2.45. The Bertz CT molecular complexity index is 1060. The first-order chi connectivity index (χ1) is 15.7. The number of rotatable bonds is 9. The van der Waals surface area contributed by atoms with Crippen molar-refractivity contribution in [3.05, 3.63) is 75.3 Å². The summed E-state index contributed by atoms with van der Waals surface area (Å²) in [4.78, 5) is 37.7. The van der Waals surface area contributed by atoms with Crippen LogP contribution >= 0.6 is 0 Å². The fourth-order valence-electron chi connectivity index (χ4n) is 3.73. The molecule has 1 atom stereocenters. The van der Waals surface area contributed by atoms with Crippen LogP contribution in [0, 0.1) is 10.1 Å². The standard InChI is InChI=1S/C24H26N2O7/c1-15(2)33-19-11-7-17(8-12-19)22(27)20-21(16-5-9-18(10-6-16)26(30)31)25(13-4-14-32-3)24(29)23(20)28/h5-12,15,21,27H,4,13-14H2,1-3H3/b22-20+/t21-/m1/s1. The summed E-state index contributed by atoms with van der Waals surface area (Å²) in [6.45, 7) is 4.39. The van der Waals surface area contributed by atoms with E-state index in [1.54, 1.807) is 24.3 Å². The number of aliphatic hydroxyl groups is 1. The molecule has 1 amide bonds. The molecule has 3 rings (SSSR count). The molecule has 1 aliphatic rings. The lowest BCUT2D eigenvalue weighted by atomic mass is 9.95. The maximum absolute atomic E-state index is 13.0. The monoisotopic (exact) mass is 454 g/mol. The van der Waals surface area contributed by atoms with Crippen LogP contribution in [-0.4, -0.2) is 53.0 Å². The van der Waals surface area contributed by atoms with Crippen molar-refractivity contribution in [3.63, 3.8) is 0 Å². The van der Waals surface area contributed by atoms with Crippen LogP contribution < -0.4 is 4.74 Å². The second-order valence-corrected chi connectivity index (χ2v) is 7.88. The second-order valence-electron chi connectivity index (χ2n) is 7.88. The topological polar surface area (TPSA) is 119 Å². The fourth-order valence-corrected chi connectivity index (χ4v) is 3.73. The molecule has 2 aromatic rings. The molecular weight excluding hydrogens is 428 g/mol. The Morgan fingerprint density at radius 2 is 1.76 bits per heavy atom. The summed E-state index contributed by atoms with van der Waals surface area (Å²) in [6, 6.07) is 11.3. The molecule has 0 bridgehead atoms. The van der Waals surface area contributed by atoms with Gasteiger partial charge in [-0.25, -0.2) is 0 Å². The van der Waals surface area contributed by atoms with E-state index in [9.17, 15) is 24.8 Å². The van der Waals surface area contributed by atoms with Gasteiger partial charge in [-0.15, -0.1) is 0 Å². The molecule has 0 unspecified atom stereocenters. The second kappa shape index (κ2) is 10.3. The fraction of sp³-hybridized carbons (Fsp3) is 0.333. The van der Waals surface area contributed by atoms with Gasteiger partial charge in [0.15, 0.2) is 0 Å². The SMILES string of the molecule is COCCCN1C(=O)C(=O)/C(=C(/O)c2ccc(OC(C)C)cc2)[C@H]1c1ccc([N+](=O)[O-])cc1. The molecule has 2 aromatic carbocycles. The number of Topliss-reactive ketones (excluding diaryl/α,β-unsaturated/α-hetero) is 1. The first kappa shape index (κ1) is 23.9. The largest absolute Gasteiger partial charge is 0.507 e. The molecule has 1 aliphatic heterocycles. The van der Waals surface area contributed by atoms with E-state index in [4.69, 9.17) is 9.47 Å². The number of nitro groups is 1. The summed E-state index contributed by atoms with van der Waals surface area (Å²) in [6.07, 6.45) is 0.456. The molecule has 1 fully saturated rings. The van der Waals surface area contributed by atoms with Gasteiger partial charge in [-0.05, 0) is 62.2 Å². The number of ether oxygens (including phenoxy) is 2. The van der Waals surface area contributed by atoms with Crippen LogP contribution in [0.4, 0.5) is 5.69 Å². The van der Waals surface area contributed by atoms with E-state index < -0.39 is 22.7 Å². The zero-order valence-electron chi connectivity index (χ0n) is 18.7. The molecule has 0 aliphatic carbocycles. The van der Waals surface area contributed by atoms with E-state index in [0.717, 1.165) is 0 Å². The molecule has 1 heterocycles. The van der Waals surface area contributed by atoms with Gasteiger partial charge in [-0.2, -0.15) is 0 Å². The van der Waals surface area contributed by atoms with Gasteiger partial charge in [0.05, 0.1) is 22.6 Å². The number of benzene rings is 2. The van der Waals surface area contributed by atoms with Crippen molar-refractivity contribution in [2.75, 3.05) is 20.3 Å². The Morgan fingerprint density at radius 3 is 2.30 bits per heavy atom. The quantitative estimate of drug-likeness (QED) is 0.153. The molecule has 0 aromatic heterocycles. The number of aliphatic hydroxyl groups excluding tert-OH is 1. The summed E-state index contributed by atoms with van der Waals surface area (Å²) in [5, 5.41) is 22.1. The van der Waals surface area contributed by atoms with Gasteiger partial charge >= 0.3 is 0 Å². The highest BCUT2D eigenvalue weighted by Crippen LogP contribution is 2.40. The number of nitro benzene ring substituents is 1. The minimum Gasteiger partial charge on any atom is -0.507 e. The third-order valence-corrected chi connectivity index (χ3v) is 5.21. The summed E-state index contributed by atoms with van der Waals surface area (Å²) in [5.74, 6) is -1.26. The van der Waals surface area contributed by atoms with Crippen LogP contribution in [0.1, 0.15) is 37.4 Å². The normalized spacial score (nSPS) is 17.6. The first-order valence-electron chi connectivity index (χ1n) is 10.5. The van der Waals surface area contributed by atoms with Gasteiger partial charge < -0.3 is 19.5 Å². The Kier molecular flexibility index (Phi) is 7.44. The van der Waals surface area contributed by atoms with Crippen molar-refractivity contribution >= 4 is 23.1 Å². The average Bonchev–Trinajstić information content (AvgIpc) is 3.04. The molecule has 1 saturated heterocycles. The maximum Gasteiger partial charge on any atom is 0.295 e. The van der Waals surface area contributed by atoms with Crippen molar-refractivity contribution in [3.8, 4) is 5.75 Å². The molecule has 0 spiro atoms. The number of amides is 1. The Balaban J connectivity index is 2.06. The summed E-state index contributed by atoms with van der Waals surface area (Å²) in [7, 11) is 1.54. The summed E-state index contributed by atoms with van der Waals surface area (Å²) < 4.78 is 10.7. The first-order valence-corrected chi connectivity index (χ1v) is 10.5. The van der Waals surface area contributed by atoms with Crippen LogP contribution in [0.5, 0.6) is 5.75 Å². The van der Waals surface area contributed by atoms with Crippen molar-refractivity contribution in [2.45, 2.75) is 32.4 Å². The summed E-state index contributed by atoms with van der Waals surface area (Å²) >= 11 is 0. The predicted octanol–water partition coefficient (Wildman–Crippen LogP) is 3.84. The number of likely N-dealkylation sites (tertiary alicyclic amines) is 1. The van der Waals surface area contributed by atoms with Crippen LogP contribution in [-0.2, 0) is 14.3 Å². The lowest BCUT2D eigenvalue weighted by Crippen LogP contribution is -2.31. The van der Waals surface area contributed by atoms with E-state index in [0.29, 0.717) is 29.9 Å².